The van der Waals surface area contributed by atoms with E-state index in [4.69, 9.17) is 11.3 Å². The highest BCUT2D eigenvalue weighted by molar-refractivity contribution is 6.04. The van der Waals surface area contributed by atoms with E-state index in [1.54, 1.807) is 12.1 Å². The van der Waals surface area contributed by atoms with Gasteiger partial charge in [0.2, 0.25) is 0 Å². The van der Waals surface area contributed by atoms with Crippen LogP contribution in [0.3, 0.4) is 0 Å². The third kappa shape index (κ3) is 4.03. The Hall–Kier alpha value is -1.95. The largest absolute Gasteiger partial charge is 0.476 e. The molecule has 0 saturated heterocycles. The van der Waals surface area contributed by atoms with Gasteiger partial charge in [-0.3, -0.25) is 10.4 Å². The average Bonchev–Trinajstić information content (AvgIpc) is 2.38. The molecule has 0 saturated carbocycles. The number of nitrogens with two attached hydrogens (primary N) is 1. The van der Waals surface area contributed by atoms with Crippen molar-refractivity contribution in [3.8, 4) is 0 Å². The van der Waals surface area contributed by atoms with Crippen LogP contribution in [0.2, 0.25) is 0 Å². The van der Waals surface area contributed by atoms with E-state index in [0.717, 1.165) is 36.4 Å². The molecule has 0 aliphatic carbocycles. The van der Waals surface area contributed by atoms with Crippen LogP contribution in [-0.4, -0.2) is 34.0 Å². The molecule has 0 aliphatic rings. The Morgan fingerprint density at radius 3 is 2.68 bits per heavy atom. The van der Waals surface area contributed by atoms with Crippen LogP contribution in [0.5, 0.6) is 0 Å². The molecule has 0 atom stereocenters. The van der Waals surface area contributed by atoms with Crippen molar-refractivity contribution in [2.45, 2.75) is 32.6 Å². The molecule has 6 heteroatoms. The maximum absolute atomic E-state index is 11.2. The van der Waals surface area contributed by atoms with Gasteiger partial charge in [0.15, 0.2) is 5.69 Å². The van der Waals surface area contributed by atoms with Crippen molar-refractivity contribution in [1.82, 2.24) is 9.99 Å². The standard InChI is InChI=1S/C13H20N4O2/c1-3-4-5-6-9-7-8-10(12(14)17(2)15)11(16-9)13(18)19/h7-8,14H,3-6,15H2,1-2H3,(H,18,19). The van der Waals surface area contributed by atoms with Crippen molar-refractivity contribution < 1.29 is 9.90 Å². The van der Waals surface area contributed by atoms with Gasteiger partial charge in [-0.15, -0.1) is 0 Å². The second-order valence-corrected chi connectivity index (χ2v) is 4.42. The molecular formula is C13H20N4O2. The van der Waals surface area contributed by atoms with E-state index in [1.165, 1.54) is 7.05 Å². The van der Waals surface area contributed by atoms with Gasteiger partial charge in [0.25, 0.3) is 0 Å². The van der Waals surface area contributed by atoms with Crippen LogP contribution in [0.1, 0.15) is 47.9 Å². The van der Waals surface area contributed by atoms with Crippen molar-refractivity contribution in [3.05, 3.63) is 29.1 Å². The number of aromatic carboxylic acids is 1. The number of hydrogen-bond donors (Lipinski definition) is 3. The molecule has 0 aromatic carbocycles. The minimum absolute atomic E-state index is 0.0648. The Kier molecular flexibility index (Phi) is 5.44. The number of carboxylic acids is 1. The fraction of sp³-hybridized carbons (Fsp3) is 0.462. The lowest BCUT2D eigenvalue weighted by Crippen LogP contribution is -2.34. The van der Waals surface area contributed by atoms with E-state index in [2.05, 4.69) is 11.9 Å². The van der Waals surface area contributed by atoms with Gasteiger partial charge in [-0.05, 0) is 25.0 Å². The normalized spacial score (nSPS) is 10.3. The van der Waals surface area contributed by atoms with E-state index < -0.39 is 5.97 Å². The van der Waals surface area contributed by atoms with Gasteiger partial charge in [0.05, 0.1) is 5.56 Å². The van der Waals surface area contributed by atoms with Crippen LogP contribution >= 0.6 is 0 Å². The number of nitrogens with zero attached hydrogens (tertiary/aromatic N) is 2. The molecule has 0 radical (unpaired) electrons. The number of pyridine rings is 1. The number of aryl methyl sites for hydroxylation is 1. The molecule has 1 heterocycles. The first-order valence-corrected chi connectivity index (χ1v) is 6.28. The highest BCUT2D eigenvalue weighted by Gasteiger charge is 2.17. The van der Waals surface area contributed by atoms with Gasteiger partial charge < -0.3 is 5.11 Å². The van der Waals surface area contributed by atoms with Crippen molar-refractivity contribution in [3.63, 3.8) is 0 Å². The number of aromatic nitrogens is 1. The number of rotatable bonds is 6. The molecule has 19 heavy (non-hydrogen) atoms. The second-order valence-electron chi connectivity index (χ2n) is 4.42. The molecule has 0 bridgehead atoms. The lowest BCUT2D eigenvalue weighted by molar-refractivity contribution is 0.0689. The molecule has 6 nitrogen and oxygen atoms in total. The second kappa shape index (κ2) is 6.84. The molecule has 0 spiro atoms. The lowest BCUT2D eigenvalue weighted by atomic mass is 10.1. The number of hydrogen-bond acceptors (Lipinski definition) is 4. The minimum atomic E-state index is -1.14. The molecule has 1 aromatic rings. The minimum Gasteiger partial charge on any atom is -0.476 e. The molecular weight excluding hydrogens is 244 g/mol. The maximum atomic E-state index is 11.2. The summed E-state index contributed by atoms with van der Waals surface area (Å²) in [7, 11) is 1.49. The molecule has 0 aliphatic heterocycles. The Balaban J connectivity index is 3.01. The summed E-state index contributed by atoms with van der Waals surface area (Å²) in [6.45, 7) is 2.11. The summed E-state index contributed by atoms with van der Waals surface area (Å²) in [6, 6.07) is 3.36. The van der Waals surface area contributed by atoms with E-state index >= 15 is 0 Å². The van der Waals surface area contributed by atoms with E-state index in [0.29, 0.717) is 0 Å². The van der Waals surface area contributed by atoms with Crippen molar-refractivity contribution in [2.75, 3.05) is 7.05 Å². The van der Waals surface area contributed by atoms with Crippen LogP contribution in [0, 0.1) is 5.41 Å². The Morgan fingerprint density at radius 2 is 2.16 bits per heavy atom. The fourth-order valence-electron chi connectivity index (χ4n) is 1.74. The highest BCUT2D eigenvalue weighted by Crippen LogP contribution is 2.12. The molecule has 4 N–H and O–H groups in total. The third-order valence-corrected chi connectivity index (χ3v) is 2.80. The zero-order chi connectivity index (χ0) is 14.4. The third-order valence-electron chi connectivity index (χ3n) is 2.80. The summed E-state index contributed by atoms with van der Waals surface area (Å²) < 4.78 is 0. The molecule has 0 unspecified atom stereocenters. The topological polar surface area (TPSA) is 103 Å². The van der Waals surface area contributed by atoms with Gasteiger partial charge in [0, 0.05) is 12.7 Å². The summed E-state index contributed by atoms with van der Waals surface area (Å²) in [6.07, 6.45) is 3.93. The van der Waals surface area contributed by atoms with Gasteiger partial charge in [-0.2, -0.15) is 0 Å². The van der Waals surface area contributed by atoms with E-state index in [-0.39, 0.29) is 17.1 Å². The Labute approximate surface area is 112 Å². The first-order chi connectivity index (χ1) is 8.97. The fourth-order valence-corrected chi connectivity index (χ4v) is 1.74. The first-order valence-electron chi connectivity index (χ1n) is 6.28. The van der Waals surface area contributed by atoms with Crippen LogP contribution in [0.25, 0.3) is 0 Å². The summed E-state index contributed by atoms with van der Waals surface area (Å²) in [5.74, 6) is 4.26. The number of carbonyl (C=O) groups is 1. The van der Waals surface area contributed by atoms with Gasteiger partial charge in [0.1, 0.15) is 5.84 Å². The predicted molar refractivity (Wildman–Crippen MR) is 73.2 cm³/mol. The molecule has 1 aromatic heterocycles. The van der Waals surface area contributed by atoms with Crippen LogP contribution in [-0.2, 0) is 6.42 Å². The highest BCUT2D eigenvalue weighted by atomic mass is 16.4. The molecule has 0 amide bonds. The molecule has 104 valence electrons. The number of unbranched alkanes of at least 4 members (excludes halogenated alkanes) is 2. The summed E-state index contributed by atoms with van der Waals surface area (Å²) in [4.78, 5) is 15.3. The number of hydrazine groups is 1. The van der Waals surface area contributed by atoms with E-state index in [9.17, 15) is 9.90 Å². The van der Waals surface area contributed by atoms with Crippen molar-refractivity contribution in [1.29, 1.82) is 5.41 Å². The first kappa shape index (κ1) is 15.1. The zero-order valence-corrected chi connectivity index (χ0v) is 11.3. The SMILES string of the molecule is CCCCCc1ccc(C(=N)N(C)N)c(C(=O)O)n1. The maximum Gasteiger partial charge on any atom is 0.355 e. The molecule has 1 rings (SSSR count). The number of carboxylic acid groups (broad SMARTS) is 1. The Morgan fingerprint density at radius 1 is 1.47 bits per heavy atom. The Bertz CT molecular complexity index is 472. The van der Waals surface area contributed by atoms with E-state index in [1.807, 2.05) is 0 Å². The van der Waals surface area contributed by atoms with Crippen LogP contribution in [0.4, 0.5) is 0 Å². The quantitative estimate of drug-likeness (QED) is 0.238. The predicted octanol–water partition coefficient (Wildman–Crippen LogP) is 1.64. The van der Waals surface area contributed by atoms with Gasteiger partial charge >= 0.3 is 5.97 Å². The monoisotopic (exact) mass is 264 g/mol. The lowest BCUT2D eigenvalue weighted by Gasteiger charge is -2.15. The summed E-state index contributed by atoms with van der Waals surface area (Å²) in [5, 5.41) is 18.0. The summed E-state index contributed by atoms with van der Waals surface area (Å²) in [5.41, 5.74) is 0.857. The number of amidine groups is 1. The van der Waals surface area contributed by atoms with Gasteiger partial charge in [-0.1, -0.05) is 19.8 Å². The molecule has 0 fully saturated rings. The smallest absolute Gasteiger partial charge is 0.355 e. The average molecular weight is 264 g/mol. The van der Waals surface area contributed by atoms with Crippen LogP contribution < -0.4 is 5.84 Å². The van der Waals surface area contributed by atoms with Crippen molar-refractivity contribution in [2.24, 2.45) is 5.84 Å². The van der Waals surface area contributed by atoms with Crippen molar-refractivity contribution >= 4 is 11.8 Å². The van der Waals surface area contributed by atoms with Crippen LogP contribution in [0.15, 0.2) is 12.1 Å². The number of nitrogens with one attached hydrogen (secondary N) is 1. The summed E-state index contributed by atoms with van der Waals surface area (Å²) >= 11 is 0. The van der Waals surface area contributed by atoms with Gasteiger partial charge in [-0.25, -0.2) is 15.6 Å². The zero-order valence-electron chi connectivity index (χ0n) is 11.3.